The predicted molar refractivity (Wildman–Crippen MR) is 51.1 cm³/mol. The average molecular weight is 195 g/mol. The summed E-state index contributed by atoms with van der Waals surface area (Å²) in [6.45, 7) is 2.10. The van der Waals surface area contributed by atoms with E-state index in [2.05, 4.69) is 11.9 Å². The van der Waals surface area contributed by atoms with Crippen molar-refractivity contribution >= 4 is 0 Å². The fraction of sp³-hybridized carbons (Fsp3) is 0.545. The van der Waals surface area contributed by atoms with Crippen LogP contribution in [0.15, 0.2) is 18.5 Å². The maximum Gasteiger partial charge on any atom is 0.141 e. The van der Waals surface area contributed by atoms with Gasteiger partial charge in [-0.05, 0) is 31.2 Å². The molecule has 1 saturated carbocycles. The van der Waals surface area contributed by atoms with Gasteiger partial charge in [-0.2, -0.15) is 0 Å². The molecule has 1 aromatic heterocycles. The van der Waals surface area contributed by atoms with E-state index in [0.29, 0.717) is 24.3 Å². The summed E-state index contributed by atoms with van der Waals surface area (Å²) in [5.41, 5.74) is -0.240. The summed E-state index contributed by atoms with van der Waals surface area (Å²) in [7, 11) is 0. The van der Waals surface area contributed by atoms with Crippen LogP contribution >= 0.6 is 0 Å². The minimum absolute atomic E-state index is 0.379. The molecule has 1 aliphatic rings. The molecule has 0 spiro atoms. The molecule has 0 aliphatic heterocycles. The van der Waals surface area contributed by atoms with Crippen molar-refractivity contribution in [1.82, 2.24) is 4.98 Å². The molecule has 2 atom stereocenters. The van der Waals surface area contributed by atoms with E-state index in [-0.39, 0.29) is 5.82 Å². The molecule has 3 heteroatoms. The Morgan fingerprint density at radius 3 is 2.93 bits per heavy atom. The van der Waals surface area contributed by atoms with Crippen molar-refractivity contribution in [2.45, 2.75) is 31.8 Å². The van der Waals surface area contributed by atoms with Gasteiger partial charge in [0.25, 0.3) is 0 Å². The van der Waals surface area contributed by atoms with Gasteiger partial charge in [-0.1, -0.05) is 6.92 Å². The van der Waals surface area contributed by atoms with Crippen molar-refractivity contribution in [2.24, 2.45) is 5.92 Å². The highest BCUT2D eigenvalue weighted by atomic mass is 19.1. The van der Waals surface area contributed by atoms with Gasteiger partial charge in [-0.3, -0.25) is 4.98 Å². The van der Waals surface area contributed by atoms with E-state index in [1.165, 1.54) is 6.07 Å². The highest BCUT2D eigenvalue weighted by Crippen LogP contribution is 2.41. The van der Waals surface area contributed by atoms with Crippen LogP contribution in [-0.2, 0) is 5.60 Å². The maximum absolute atomic E-state index is 12.9. The van der Waals surface area contributed by atoms with E-state index in [9.17, 15) is 9.50 Å². The van der Waals surface area contributed by atoms with Crippen LogP contribution in [0.2, 0.25) is 0 Å². The summed E-state index contributed by atoms with van der Waals surface area (Å²) in [5, 5.41) is 10.3. The molecule has 0 saturated heterocycles. The predicted octanol–water partition coefficient (Wildman–Crippen LogP) is 2.23. The molecule has 2 unspecified atom stereocenters. The van der Waals surface area contributed by atoms with Gasteiger partial charge in [-0.15, -0.1) is 0 Å². The fourth-order valence-electron chi connectivity index (χ4n) is 2.19. The lowest BCUT2D eigenvalue weighted by atomic mass is 9.93. The molecule has 2 rings (SSSR count). The highest BCUT2D eigenvalue weighted by Gasteiger charge is 2.37. The largest absolute Gasteiger partial charge is 0.385 e. The van der Waals surface area contributed by atoms with Crippen LogP contribution in [-0.4, -0.2) is 10.1 Å². The third-order valence-electron chi connectivity index (χ3n) is 2.98. The third kappa shape index (κ3) is 1.64. The zero-order valence-corrected chi connectivity index (χ0v) is 8.20. The van der Waals surface area contributed by atoms with Crippen LogP contribution < -0.4 is 0 Å². The lowest BCUT2D eigenvalue weighted by Crippen LogP contribution is -2.21. The van der Waals surface area contributed by atoms with Gasteiger partial charge >= 0.3 is 0 Å². The molecule has 0 radical (unpaired) electrons. The van der Waals surface area contributed by atoms with Gasteiger partial charge in [0.15, 0.2) is 0 Å². The first-order chi connectivity index (χ1) is 6.60. The standard InChI is InChI=1S/C11H14FNO/c1-8-2-3-11(14,5-8)9-4-10(12)7-13-6-9/h4,6-8,14H,2-3,5H2,1H3. The fourth-order valence-corrected chi connectivity index (χ4v) is 2.19. The summed E-state index contributed by atoms with van der Waals surface area (Å²) in [4.78, 5) is 3.76. The number of pyridine rings is 1. The molecule has 0 amide bonds. The molecule has 1 fully saturated rings. The maximum atomic E-state index is 12.9. The smallest absolute Gasteiger partial charge is 0.141 e. The van der Waals surface area contributed by atoms with Gasteiger partial charge in [-0.25, -0.2) is 4.39 Å². The average Bonchev–Trinajstić information content (AvgIpc) is 2.48. The first-order valence-electron chi connectivity index (χ1n) is 4.93. The zero-order valence-electron chi connectivity index (χ0n) is 8.20. The number of aromatic nitrogens is 1. The van der Waals surface area contributed by atoms with Crippen LogP contribution in [0.5, 0.6) is 0 Å². The molecule has 0 aromatic carbocycles. The first kappa shape index (κ1) is 9.59. The van der Waals surface area contributed by atoms with Crippen molar-refractivity contribution in [3.05, 3.63) is 29.8 Å². The topological polar surface area (TPSA) is 33.1 Å². The van der Waals surface area contributed by atoms with Gasteiger partial charge in [0.05, 0.1) is 11.8 Å². The zero-order chi connectivity index (χ0) is 10.2. The quantitative estimate of drug-likeness (QED) is 0.745. The van der Waals surface area contributed by atoms with E-state index in [0.717, 1.165) is 12.6 Å². The van der Waals surface area contributed by atoms with Gasteiger partial charge < -0.3 is 5.11 Å². The number of nitrogens with zero attached hydrogens (tertiary/aromatic N) is 1. The first-order valence-corrected chi connectivity index (χ1v) is 4.93. The van der Waals surface area contributed by atoms with Crippen molar-refractivity contribution < 1.29 is 9.50 Å². The van der Waals surface area contributed by atoms with Gasteiger partial charge in [0, 0.05) is 11.8 Å². The summed E-state index contributed by atoms with van der Waals surface area (Å²) in [5.74, 6) is 0.124. The second-order valence-corrected chi connectivity index (χ2v) is 4.27. The molecule has 1 heterocycles. The Balaban J connectivity index is 2.30. The lowest BCUT2D eigenvalue weighted by Gasteiger charge is -2.22. The Kier molecular flexibility index (Phi) is 2.27. The molecule has 14 heavy (non-hydrogen) atoms. The molecule has 76 valence electrons. The van der Waals surface area contributed by atoms with Crippen molar-refractivity contribution in [3.63, 3.8) is 0 Å². The molecule has 2 nitrogen and oxygen atoms in total. The number of halogens is 1. The molecule has 1 aliphatic carbocycles. The second-order valence-electron chi connectivity index (χ2n) is 4.27. The Labute approximate surface area is 82.8 Å². The summed E-state index contributed by atoms with van der Waals surface area (Å²) >= 11 is 0. The Hall–Kier alpha value is -0.960. The molecule has 1 aromatic rings. The summed E-state index contributed by atoms with van der Waals surface area (Å²) < 4.78 is 12.9. The molecular formula is C11H14FNO. The van der Waals surface area contributed by atoms with Crippen molar-refractivity contribution in [2.75, 3.05) is 0 Å². The SMILES string of the molecule is CC1CCC(O)(c2cncc(F)c2)C1. The van der Waals surface area contributed by atoms with E-state index in [4.69, 9.17) is 0 Å². The second kappa shape index (κ2) is 3.31. The number of hydrogen-bond acceptors (Lipinski definition) is 2. The lowest BCUT2D eigenvalue weighted by molar-refractivity contribution is 0.0401. The van der Waals surface area contributed by atoms with E-state index in [1.807, 2.05) is 0 Å². The van der Waals surface area contributed by atoms with Gasteiger partial charge in [0.1, 0.15) is 5.82 Å². The van der Waals surface area contributed by atoms with Gasteiger partial charge in [0.2, 0.25) is 0 Å². The van der Waals surface area contributed by atoms with E-state index in [1.54, 1.807) is 6.20 Å². The highest BCUT2D eigenvalue weighted by molar-refractivity contribution is 5.20. The minimum atomic E-state index is -0.853. The number of aliphatic hydroxyl groups is 1. The monoisotopic (exact) mass is 195 g/mol. The minimum Gasteiger partial charge on any atom is -0.385 e. The number of rotatable bonds is 1. The Bertz CT molecular complexity index is 342. The van der Waals surface area contributed by atoms with E-state index >= 15 is 0 Å². The molecule has 0 bridgehead atoms. The Morgan fingerprint density at radius 1 is 1.57 bits per heavy atom. The number of hydrogen-bond donors (Lipinski definition) is 1. The van der Waals surface area contributed by atoms with Crippen LogP contribution in [0, 0.1) is 11.7 Å². The van der Waals surface area contributed by atoms with Crippen LogP contribution in [0.3, 0.4) is 0 Å². The molecule has 1 N–H and O–H groups in total. The summed E-state index contributed by atoms with van der Waals surface area (Å²) in [6, 6.07) is 1.38. The Morgan fingerprint density at radius 2 is 2.36 bits per heavy atom. The van der Waals surface area contributed by atoms with E-state index < -0.39 is 5.60 Å². The van der Waals surface area contributed by atoms with Crippen LogP contribution in [0.1, 0.15) is 31.7 Å². The summed E-state index contributed by atoms with van der Waals surface area (Å²) in [6.07, 6.45) is 5.12. The third-order valence-corrected chi connectivity index (χ3v) is 2.98. The normalized spacial score (nSPS) is 32.1. The molecular weight excluding hydrogens is 181 g/mol. The van der Waals surface area contributed by atoms with Crippen LogP contribution in [0.4, 0.5) is 4.39 Å². The van der Waals surface area contributed by atoms with Crippen molar-refractivity contribution in [3.8, 4) is 0 Å². The van der Waals surface area contributed by atoms with Crippen LogP contribution in [0.25, 0.3) is 0 Å². The van der Waals surface area contributed by atoms with Crippen molar-refractivity contribution in [1.29, 1.82) is 0 Å².